The van der Waals surface area contributed by atoms with Gasteiger partial charge in [0.2, 0.25) is 0 Å². The van der Waals surface area contributed by atoms with Crippen LogP contribution < -0.4 is 4.74 Å². The monoisotopic (exact) mass is 396 g/mol. The molecule has 1 spiro atoms. The molecule has 0 amide bonds. The first-order chi connectivity index (χ1) is 14.6. The van der Waals surface area contributed by atoms with Gasteiger partial charge in [0.1, 0.15) is 5.75 Å². The number of nitrogens with zero attached hydrogens (tertiary/aromatic N) is 2. The number of rotatable bonds is 1. The molecule has 0 radical (unpaired) electrons. The molecule has 6 rings (SSSR count). The molecule has 0 unspecified atom stereocenters. The third-order valence-electron chi connectivity index (χ3n) is 7.29. The summed E-state index contributed by atoms with van der Waals surface area (Å²) >= 11 is 0. The lowest BCUT2D eigenvalue weighted by molar-refractivity contribution is -0.145. The van der Waals surface area contributed by atoms with Gasteiger partial charge in [0.25, 0.3) is 0 Å². The molecule has 3 heteroatoms. The van der Waals surface area contributed by atoms with E-state index >= 15 is 0 Å². The van der Waals surface area contributed by atoms with E-state index in [9.17, 15) is 0 Å². The predicted octanol–water partition coefficient (Wildman–Crippen LogP) is 6.60. The van der Waals surface area contributed by atoms with E-state index in [4.69, 9.17) is 9.84 Å². The van der Waals surface area contributed by atoms with E-state index in [0.29, 0.717) is 0 Å². The fourth-order valence-corrected chi connectivity index (χ4v) is 5.49. The van der Waals surface area contributed by atoms with Crippen molar-refractivity contribution in [2.45, 2.75) is 57.7 Å². The third kappa shape index (κ3) is 2.75. The maximum atomic E-state index is 6.75. The summed E-state index contributed by atoms with van der Waals surface area (Å²) in [6.07, 6.45) is 5.44. The zero-order chi connectivity index (χ0) is 20.3. The molecule has 152 valence electrons. The highest BCUT2D eigenvalue weighted by Gasteiger charge is 2.51. The van der Waals surface area contributed by atoms with Gasteiger partial charge in [0, 0.05) is 24.8 Å². The Morgan fingerprint density at radius 1 is 0.967 bits per heavy atom. The Balaban J connectivity index is 1.45. The summed E-state index contributed by atoms with van der Waals surface area (Å²) in [4.78, 5) is 0. The molecule has 1 saturated carbocycles. The first-order valence-electron chi connectivity index (χ1n) is 11.3. The lowest BCUT2D eigenvalue weighted by Gasteiger charge is -2.50. The number of ether oxygens (including phenoxy) is 1. The molecule has 3 nitrogen and oxygen atoms in total. The number of benzene rings is 3. The summed E-state index contributed by atoms with van der Waals surface area (Å²) in [6.45, 7) is 4.52. The van der Waals surface area contributed by atoms with Crippen molar-refractivity contribution in [3.8, 4) is 5.75 Å². The highest BCUT2D eigenvalue weighted by atomic mass is 16.5. The smallest absolute Gasteiger partial charge is 0.198 e. The molecular weight excluding hydrogens is 368 g/mol. The SMILES string of the molecule is Cc1ccc2c(c1)[C@@H]1CC(c3ccc4ccccc4c3)=NN1C1(CCC(C)CC1)O2. The van der Waals surface area contributed by atoms with Crippen molar-refractivity contribution in [2.75, 3.05) is 0 Å². The molecular formula is C27H28N2O. The van der Waals surface area contributed by atoms with E-state index in [-0.39, 0.29) is 11.8 Å². The predicted molar refractivity (Wildman–Crippen MR) is 122 cm³/mol. The molecule has 0 aromatic heterocycles. The largest absolute Gasteiger partial charge is 0.466 e. The topological polar surface area (TPSA) is 24.8 Å². The van der Waals surface area contributed by atoms with Crippen LogP contribution in [0.1, 0.15) is 61.8 Å². The molecule has 3 aromatic rings. The van der Waals surface area contributed by atoms with Crippen LogP contribution in [0.15, 0.2) is 65.8 Å². The van der Waals surface area contributed by atoms with Crippen molar-refractivity contribution >= 4 is 16.5 Å². The van der Waals surface area contributed by atoms with Crippen LogP contribution in [0, 0.1) is 12.8 Å². The Bertz CT molecular complexity index is 1160. The lowest BCUT2D eigenvalue weighted by Crippen LogP contribution is -2.55. The highest BCUT2D eigenvalue weighted by Crippen LogP contribution is 2.52. The molecule has 0 saturated heterocycles. The van der Waals surface area contributed by atoms with Crippen molar-refractivity contribution in [3.05, 3.63) is 77.4 Å². The van der Waals surface area contributed by atoms with Crippen LogP contribution in [0.2, 0.25) is 0 Å². The summed E-state index contributed by atoms with van der Waals surface area (Å²) in [5.41, 5.74) is 4.69. The average molecular weight is 397 g/mol. The van der Waals surface area contributed by atoms with E-state index in [2.05, 4.69) is 79.5 Å². The minimum absolute atomic E-state index is 0.267. The molecule has 3 aliphatic rings. The number of hydrazone groups is 1. The maximum absolute atomic E-state index is 6.75. The Hall–Kier alpha value is -2.81. The number of aryl methyl sites for hydroxylation is 1. The van der Waals surface area contributed by atoms with Gasteiger partial charge in [-0.25, -0.2) is 5.01 Å². The molecule has 2 heterocycles. The molecule has 0 N–H and O–H groups in total. The molecule has 0 bridgehead atoms. The zero-order valence-electron chi connectivity index (χ0n) is 17.8. The molecule has 2 aliphatic heterocycles. The van der Waals surface area contributed by atoms with E-state index in [1.54, 1.807) is 0 Å². The summed E-state index contributed by atoms with van der Waals surface area (Å²) in [5.74, 6) is 1.83. The minimum atomic E-state index is -0.294. The fourth-order valence-electron chi connectivity index (χ4n) is 5.49. The Morgan fingerprint density at radius 3 is 2.60 bits per heavy atom. The van der Waals surface area contributed by atoms with Crippen LogP contribution in [0.3, 0.4) is 0 Å². The van der Waals surface area contributed by atoms with Crippen LogP contribution in [0.4, 0.5) is 0 Å². The third-order valence-corrected chi connectivity index (χ3v) is 7.29. The van der Waals surface area contributed by atoms with Gasteiger partial charge in [0.05, 0.1) is 11.8 Å². The van der Waals surface area contributed by atoms with Crippen molar-refractivity contribution in [1.29, 1.82) is 0 Å². The molecule has 1 atom stereocenters. The standard InChI is InChI=1S/C27H28N2O/c1-18-11-13-27(14-12-18)29-25(23-15-19(2)7-10-26(23)30-27)17-24(28-29)22-9-8-20-5-3-4-6-21(20)16-22/h3-10,15-16,18,25H,11-14,17H2,1-2H3/t18?,25-,27?/m0/s1. The fraction of sp³-hybridized carbons (Fsp3) is 0.370. The van der Waals surface area contributed by atoms with Crippen molar-refractivity contribution in [3.63, 3.8) is 0 Å². The number of hydrogen-bond donors (Lipinski definition) is 0. The van der Waals surface area contributed by atoms with Gasteiger partial charge in [-0.3, -0.25) is 0 Å². The van der Waals surface area contributed by atoms with Crippen LogP contribution in [-0.4, -0.2) is 16.4 Å². The Kier molecular flexibility index (Phi) is 3.96. The number of hydrogen-bond acceptors (Lipinski definition) is 3. The van der Waals surface area contributed by atoms with Gasteiger partial charge in [-0.15, -0.1) is 0 Å². The van der Waals surface area contributed by atoms with Gasteiger partial charge in [-0.1, -0.05) is 61.0 Å². The summed E-state index contributed by atoms with van der Waals surface area (Å²) < 4.78 is 6.75. The number of fused-ring (bicyclic) bond motifs is 5. The second-order valence-electron chi connectivity index (χ2n) is 9.45. The van der Waals surface area contributed by atoms with E-state index in [1.807, 2.05) is 0 Å². The minimum Gasteiger partial charge on any atom is -0.466 e. The van der Waals surface area contributed by atoms with E-state index in [1.165, 1.54) is 46.0 Å². The first-order valence-corrected chi connectivity index (χ1v) is 11.3. The summed E-state index contributed by atoms with van der Waals surface area (Å²) in [5, 5.41) is 10.1. The second kappa shape index (κ2) is 6.60. The normalized spacial score (nSPS) is 27.5. The van der Waals surface area contributed by atoms with Gasteiger partial charge in [0.15, 0.2) is 5.72 Å². The van der Waals surface area contributed by atoms with Crippen molar-refractivity contribution < 1.29 is 4.74 Å². The molecule has 1 aliphatic carbocycles. The van der Waals surface area contributed by atoms with E-state index in [0.717, 1.165) is 30.9 Å². The van der Waals surface area contributed by atoms with Crippen LogP contribution in [0.25, 0.3) is 10.8 Å². The Labute approximate surface area is 178 Å². The average Bonchev–Trinajstić information content (AvgIpc) is 3.23. The van der Waals surface area contributed by atoms with Crippen LogP contribution >= 0.6 is 0 Å². The van der Waals surface area contributed by atoms with Crippen molar-refractivity contribution in [2.24, 2.45) is 11.0 Å². The van der Waals surface area contributed by atoms with E-state index < -0.39 is 0 Å². The van der Waals surface area contributed by atoms with Crippen molar-refractivity contribution in [1.82, 2.24) is 5.01 Å². The van der Waals surface area contributed by atoms with Gasteiger partial charge in [-0.2, -0.15) is 5.10 Å². The highest BCUT2D eigenvalue weighted by molar-refractivity contribution is 6.04. The second-order valence-corrected chi connectivity index (χ2v) is 9.45. The van der Waals surface area contributed by atoms with Gasteiger partial charge in [-0.05, 0) is 54.2 Å². The zero-order valence-corrected chi connectivity index (χ0v) is 17.8. The maximum Gasteiger partial charge on any atom is 0.198 e. The summed E-state index contributed by atoms with van der Waals surface area (Å²) in [6, 6.07) is 22.2. The van der Waals surface area contributed by atoms with Gasteiger partial charge < -0.3 is 4.74 Å². The lowest BCUT2D eigenvalue weighted by atomic mass is 9.82. The summed E-state index contributed by atoms with van der Waals surface area (Å²) in [7, 11) is 0. The molecule has 30 heavy (non-hydrogen) atoms. The Morgan fingerprint density at radius 2 is 1.77 bits per heavy atom. The quantitative estimate of drug-likeness (QED) is 0.463. The molecule has 3 aromatic carbocycles. The van der Waals surface area contributed by atoms with Crippen LogP contribution in [0.5, 0.6) is 5.75 Å². The first kappa shape index (κ1) is 18.0. The van der Waals surface area contributed by atoms with Crippen LogP contribution in [-0.2, 0) is 0 Å². The molecule has 1 fully saturated rings. The van der Waals surface area contributed by atoms with Gasteiger partial charge >= 0.3 is 0 Å².